The van der Waals surface area contributed by atoms with Gasteiger partial charge in [-0.3, -0.25) is 0 Å². The van der Waals surface area contributed by atoms with Crippen LogP contribution in [0.2, 0.25) is 0 Å². The molecule has 2 aromatic rings. The van der Waals surface area contributed by atoms with Crippen LogP contribution in [0.25, 0.3) is 10.1 Å². The fourth-order valence-electron chi connectivity index (χ4n) is 2.02. The van der Waals surface area contributed by atoms with Gasteiger partial charge in [0.05, 0.1) is 0 Å². The maximum Gasteiger partial charge on any atom is 0.0345 e. The average molecular weight is 287 g/mol. The smallest absolute Gasteiger partial charge is 0.0345 e. The number of alkyl halides is 2. The first kappa shape index (κ1) is 13.2. The molecule has 0 atom stereocenters. The van der Waals surface area contributed by atoms with E-state index < -0.39 is 0 Å². The second-order valence-corrected chi connectivity index (χ2v) is 6.00. The molecule has 0 bridgehead atoms. The van der Waals surface area contributed by atoms with E-state index in [-0.39, 0.29) is 5.41 Å². The maximum absolute atomic E-state index is 6.11. The molecule has 3 heteroatoms. The van der Waals surface area contributed by atoms with Gasteiger partial charge in [-0.25, -0.2) is 0 Å². The summed E-state index contributed by atoms with van der Waals surface area (Å²) in [6.07, 6.45) is 1.99. The molecule has 0 N–H and O–H groups in total. The van der Waals surface area contributed by atoms with E-state index in [1.807, 2.05) is 0 Å². The van der Waals surface area contributed by atoms with Crippen molar-refractivity contribution in [2.24, 2.45) is 5.41 Å². The van der Waals surface area contributed by atoms with Gasteiger partial charge in [0.25, 0.3) is 0 Å². The molecular formula is C14H16Cl2S. The zero-order valence-electron chi connectivity index (χ0n) is 9.88. The molecule has 0 nitrogen and oxygen atoms in total. The van der Waals surface area contributed by atoms with Crippen LogP contribution in [0.4, 0.5) is 0 Å². The van der Waals surface area contributed by atoms with Crippen LogP contribution in [-0.4, -0.2) is 11.8 Å². The second kappa shape index (κ2) is 5.60. The lowest BCUT2D eigenvalue weighted by atomic mass is 9.83. The fourth-order valence-corrected chi connectivity index (χ4v) is 3.83. The highest BCUT2D eigenvalue weighted by atomic mass is 35.5. The van der Waals surface area contributed by atoms with Gasteiger partial charge in [0.1, 0.15) is 0 Å². The molecule has 0 aliphatic heterocycles. The third-order valence-electron chi connectivity index (χ3n) is 3.44. The Bertz CT molecular complexity index is 477. The Morgan fingerprint density at radius 3 is 2.53 bits per heavy atom. The van der Waals surface area contributed by atoms with Crippen molar-refractivity contribution >= 4 is 44.6 Å². The number of benzene rings is 1. The molecule has 17 heavy (non-hydrogen) atoms. The molecule has 0 saturated heterocycles. The SMILES string of the molecule is CCC(CCl)(CCl)Cc1csc2ccccc12. The number of hydrogen-bond donors (Lipinski definition) is 0. The summed E-state index contributed by atoms with van der Waals surface area (Å²) in [4.78, 5) is 0. The van der Waals surface area contributed by atoms with E-state index in [0.717, 1.165) is 12.8 Å². The predicted molar refractivity (Wildman–Crippen MR) is 79.7 cm³/mol. The van der Waals surface area contributed by atoms with Crippen LogP contribution < -0.4 is 0 Å². The van der Waals surface area contributed by atoms with Gasteiger partial charge in [-0.15, -0.1) is 34.5 Å². The number of hydrogen-bond acceptors (Lipinski definition) is 1. The summed E-state index contributed by atoms with van der Waals surface area (Å²) in [6, 6.07) is 8.52. The first-order valence-corrected chi connectivity index (χ1v) is 7.76. The number of fused-ring (bicyclic) bond motifs is 1. The van der Waals surface area contributed by atoms with Crippen molar-refractivity contribution in [1.29, 1.82) is 0 Å². The topological polar surface area (TPSA) is 0 Å². The normalized spacial score (nSPS) is 12.2. The van der Waals surface area contributed by atoms with Crippen molar-refractivity contribution in [3.8, 4) is 0 Å². The highest BCUT2D eigenvalue weighted by Gasteiger charge is 2.27. The molecule has 1 aromatic heterocycles. The Kier molecular flexibility index (Phi) is 4.35. The lowest BCUT2D eigenvalue weighted by Crippen LogP contribution is -2.27. The molecule has 0 aliphatic carbocycles. The lowest BCUT2D eigenvalue weighted by Gasteiger charge is -2.27. The van der Waals surface area contributed by atoms with E-state index in [1.54, 1.807) is 11.3 Å². The summed E-state index contributed by atoms with van der Waals surface area (Å²) < 4.78 is 1.34. The first-order chi connectivity index (χ1) is 8.24. The largest absolute Gasteiger partial charge is 0.144 e. The van der Waals surface area contributed by atoms with Crippen molar-refractivity contribution in [3.63, 3.8) is 0 Å². The minimum Gasteiger partial charge on any atom is -0.144 e. The summed E-state index contributed by atoms with van der Waals surface area (Å²) >= 11 is 14.0. The van der Waals surface area contributed by atoms with E-state index >= 15 is 0 Å². The lowest BCUT2D eigenvalue weighted by molar-refractivity contribution is 0.363. The Morgan fingerprint density at radius 2 is 1.88 bits per heavy atom. The molecule has 0 amide bonds. The Labute approximate surface area is 117 Å². The van der Waals surface area contributed by atoms with Gasteiger partial charge in [0, 0.05) is 21.9 Å². The fraction of sp³-hybridized carbons (Fsp3) is 0.429. The van der Waals surface area contributed by atoms with Gasteiger partial charge in [-0.05, 0) is 35.2 Å². The first-order valence-electron chi connectivity index (χ1n) is 5.82. The molecule has 0 spiro atoms. The molecule has 0 radical (unpaired) electrons. The van der Waals surface area contributed by atoms with E-state index in [2.05, 4.69) is 36.6 Å². The molecule has 1 aromatic carbocycles. The van der Waals surface area contributed by atoms with Gasteiger partial charge >= 0.3 is 0 Å². The van der Waals surface area contributed by atoms with E-state index in [0.29, 0.717) is 11.8 Å². The summed E-state index contributed by atoms with van der Waals surface area (Å²) in [5.74, 6) is 1.24. The van der Waals surface area contributed by atoms with Gasteiger partial charge in [-0.2, -0.15) is 0 Å². The minimum absolute atomic E-state index is 0.0347. The molecule has 0 aliphatic rings. The highest BCUT2D eigenvalue weighted by Crippen LogP contribution is 2.35. The van der Waals surface area contributed by atoms with Crippen LogP contribution in [0.5, 0.6) is 0 Å². The van der Waals surface area contributed by atoms with Crippen molar-refractivity contribution in [3.05, 3.63) is 35.2 Å². The predicted octanol–water partition coefficient (Wildman–Crippen LogP) is 5.32. The summed E-state index contributed by atoms with van der Waals surface area (Å²) in [6.45, 7) is 2.17. The van der Waals surface area contributed by atoms with Crippen LogP contribution in [0.1, 0.15) is 18.9 Å². The summed E-state index contributed by atoms with van der Waals surface area (Å²) in [7, 11) is 0. The van der Waals surface area contributed by atoms with Gasteiger partial charge < -0.3 is 0 Å². The van der Waals surface area contributed by atoms with Crippen LogP contribution >= 0.6 is 34.5 Å². The zero-order valence-corrected chi connectivity index (χ0v) is 12.2. The molecule has 0 unspecified atom stereocenters. The Balaban J connectivity index is 2.34. The third-order valence-corrected chi connectivity index (χ3v) is 5.59. The monoisotopic (exact) mass is 286 g/mol. The summed E-state index contributed by atoms with van der Waals surface area (Å²) in [5, 5.41) is 3.60. The van der Waals surface area contributed by atoms with Gasteiger partial charge in [0.2, 0.25) is 0 Å². The number of thiophene rings is 1. The third kappa shape index (κ3) is 2.62. The second-order valence-electron chi connectivity index (χ2n) is 4.55. The van der Waals surface area contributed by atoms with Crippen LogP contribution in [0, 0.1) is 5.41 Å². The molecular weight excluding hydrogens is 271 g/mol. The molecule has 0 fully saturated rings. The van der Waals surface area contributed by atoms with E-state index in [4.69, 9.17) is 23.2 Å². The van der Waals surface area contributed by atoms with Crippen LogP contribution in [0.15, 0.2) is 29.6 Å². The minimum atomic E-state index is 0.0347. The highest BCUT2D eigenvalue weighted by molar-refractivity contribution is 7.17. The van der Waals surface area contributed by atoms with Crippen molar-refractivity contribution < 1.29 is 0 Å². The van der Waals surface area contributed by atoms with Crippen molar-refractivity contribution in [2.45, 2.75) is 19.8 Å². The van der Waals surface area contributed by atoms with Gasteiger partial charge in [0.15, 0.2) is 0 Å². The van der Waals surface area contributed by atoms with E-state index in [9.17, 15) is 0 Å². The standard InChI is InChI=1S/C14H16Cl2S/c1-2-14(9-15,10-16)7-11-8-17-13-6-4-3-5-12(11)13/h3-6,8H,2,7,9-10H2,1H3. The number of halogens is 2. The number of rotatable bonds is 5. The Morgan fingerprint density at radius 1 is 1.18 bits per heavy atom. The van der Waals surface area contributed by atoms with Crippen molar-refractivity contribution in [1.82, 2.24) is 0 Å². The van der Waals surface area contributed by atoms with E-state index in [1.165, 1.54) is 15.6 Å². The molecule has 2 rings (SSSR count). The molecule has 0 saturated carbocycles. The Hall–Kier alpha value is -0.240. The van der Waals surface area contributed by atoms with Crippen LogP contribution in [-0.2, 0) is 6.42 Å². The van der Waals surface area contributed by atoms with Crippen molar-refractivity contribution in [2.75, 3.05) is 11.8 Å². The van der Waals surface area contributed by atoms with Gasteiger partial charge in [-0.1, -0.05) is 25.1 Å². The average Bonchev–Trinajstić information content (AvgIpc) is 2.79. The molecule has 92 valence electrons. The maximum atomic E-state index is 6.11. The molecule has 1 heterocycles. The van der Waals surface area contributed by atoms with Crippen LogP contribution in [0.3, 0.4) is 0 Å². The zero-order chi connectivity index (χ0) is 12.3. The quantitative estimate of drug-likeness (QED) is 0.653. The summed E-state index contributed by atoms with van der Waals surface area (Å²) in [5.41, 5.74) is 1.42.